The number of hydrogen-bond donors (Lipinski definition) is 1. The van der Waals surface area contributed by atoms with Crippen molar-refractivity contribution >= 4 is 38.4 Å². The largest absolute Gasteiger partial charge is 0.344 e. The van der Waals surface area contributed by atoms with Crippen LogP contribution in [0.2, 0.25) is 5.02 Å². The van der Waals surface area contributed by atoms with Crippen molar-refractivity contribution in [1.82, 2.24) is 9.88 Å². The Morgan fingerprint density at radius 3 is 2.69 bits per heavy atom. The molecule has 16 heavy (non-hydrogen) atoms. The number of aryl methyl sites for hydroxylation is 1. The van der Waals surface area contributed by atoms with Crippen LogP contribution < -0.4 is 5.32 Å². The van der Waals surface area contributed by atoms with Gasteiger partial charge in [-0.15, -0.1) is 0 Å². The Hall–Kier alpha value is -0.510. The molecule has 1 aromatic carbocycles. The fraction of sp³-hybridized carbons (Fsp3) is 0.333. The lowest BCUT2D eigenvalue weighted by molar-refractivity contribution is 0.607. The van der Waals surface area contributed by atoms with Gasteiger partial charge >= 0.3 is 0 Å². The summed E-state index contributed by atoms with van der Waals surface area (Å²) >= 11 is 9.89. The molecule has 1 heterocycles. The van der Waals surface area contributed by atoms with Crippen LogP contribution in [0.25, 0.3) is 10.9 Å². The second-order valence-electron chi connectivity index (χ2n) is 3.90. The van der Waals surface area contributed by atoms with Gasteiger partial charge < -0.3 is 9.88 Å². The summed E-state index contributed by atoms with van der Waals surface area (Å²) in [5.74, 6) is 0. The van der Waals surface area contributed by atoms with Gasteiger partial charge in [0.25, 0.3) is 0 Å². The number of para-hydroxylation sites is 1. The predicted molar refractivity (Wildman–Crippen MR) is 73.1 cm³/mol. The average molecular weight is 302 g/mol. The van der Waals surface area contributed by atoms with Gasteiger partial charge in [-0.2, -0.15) is 0 Å². The molecule has 0 bridgehead atoms. The summed E-state index contributed by atoms with van der Waals surface area (Å²) in [6.07, 6.45) is 0. The second kappa shape index (κ2) is 4.40. The molecule has 1 unspecified atom stereocenters. The quantitative estimate of drug-likeness (QED) is 0.891. The van der Waals surface area contributed by atoms with E-state index in [1.165, 1.54) is 5.69 Å². The lowest BCUT2D eigenvalue weighted by Crippen LogP contribution is -2.15. The minimum absolute atomic E-state index is 0.280. The van der Waals surface area contributed by atoms with Crippen LogP contribution in [0.3, 0.4) is 0 Å². The number of nitrogens with zero attached hydrogens (tertiary/aromatic N) is 1. The van der Waals surface area contributed by atoms with E-state index in [9.17, 15) is 0 Å². The Morgan fingerprint density at radius 1 is 1.44 bits per heavy atom. The van der Waals surface area contributed by atoms with Crippen LogP contribution in [-0.2, 0) is 7.05 Å². The van der Waals surface area contributed by atoms with E-state index in [0.29, 0.717) is 0 Å². The first-order valence-corrected chi connectivity index (χ1v) is 6.34. The number of aromatic nitrogens is 1. The Kier molecular flexibility index (Phi) is 3.29. The zero-order valence-corrected chi connectivity index (χ0v) is 11.9. The smallest absolute Gasteiger partial charge is 0.0681 e. The first-order chi connectivity index (χ1) is 7.57. The molecule has 0 aliphatic rings. The third-order valence-electron chi connectivity index (χ3n) is 2.99. The van der Waals surface area contributed by atoms with E-state index in [4.69, 9.17) is 11.6 Å². The lowest BCUT2D eigenvalue weighted by atomic mass is 10.2. The Bertz CT molecular complexity index is 533. The fourth-order valence-corrected chi connectivity index (χ4v) is 3.29. The van der Waals surface area contributed by atoms with Gasteiger partial charge in [-0.3, -0.25) is 0 Å². The van der Waals surface area contributed by atoms with Crippen molar-refractivity contribution in [1.29, 1.82) is 0 Å². The molecule has 0 spiro atoms. The van der Waals surface area contributed by atoms with Gasteiger partial charge in [0.2, 0.25) is 0 Å². The summed E-state index contributed by atoms with van der Waals surface area (Å²) in [7, 11) is 4.00. The molecule has 1 N–H and O–H groups in total. The maximum absolute atomic E-state index is 6.23. The summed E-state index contributed by atoms with van der Waals surface area (Å²) in [4.78, 5) is 0. The standard InChI is InChI=1S/C12H14BrClN2/c1-7(15-2)11-10(13)8-5-4-6-9(14)12(8)16(11)3/h4-7,15H,1-3H3. The predicted octanol–water partition coefficient (Wildman–Crippen LogP) is 3.87. The molecule has 0 fully saturated rings. The molecule has 86 valence electrons. The number of rotatable bonds is 2. The van der Waals surface area contributed by atoms with Crippen LogP contribution in [0.4, 0.5) is 0 Å². The molecule has 4 heteroatoms. The van der Waals surface area contributed by atoms with E-state index >= 15 is 0 Å². The van der Waals surface area contributed by atoms with Crippen LogP contribution in [0.1, 0.15) is 18.7 Å². The molecular weight excluding hydrogens is 288 g/mol. The zero-order chi connectivity index (χ0) is 11.9. The van der Waals surface area contributed by atoms with Crippen LogP contribution >= 0.6 is 27.5 Å². The number of halogens is 2. The second-order valence-corrected chi connectivity index (χ2v) is 5.10. The maximum atomic E-state index is 6.23. The lowest BCUT2D eigenvalue weighted by Gasteiger charge is -2.13. The van der Waals surface area contributed by atoms with Crippen molar-refractivity contribution in [3.8, 4) is 0 Å². The Labute approximate surface area is 109 Å². The SMILES string of the molecule is CNC(C)c1c(Br)c2cccc(Cl)c2n1C. The Morgan fingerprint density at radius 2 is 2.12 bits per heavy atom. The summed E-state index contributed by atoms with van der Waals surface area (Å²) in [6.45, 7) is 2.13. The molecule has 0 aliphatic carbocycles. The highest BCUT2D eigenvalue weighted by Gasteiger charge is 2.18. The molecule has 0 radical (unpaired) electrons. The van der Waals surface area contributed by atoms with Crippen molar-refractivity contribution in [2.45, 2.75) is 13.0 Å². The summed E-state index contributed by atoms with van der Waals surface area (Å²) < 4.78 is 3.26. The van der Waals surface area contributed by atoms with Crippen molar-refractivity contribution in [3.05, 3.63) is 33.4 Å². The first-order valence-electron chi connectivity index (χ1n) is 5.17. The third-order valence-corrected chi connectivity index (χ3v) is 4.13. The first kappa shape index (κ1) is 12.0. The van der Waals surface area contributed by atoms with Gasteiger partial charge in [0, 0.05) is 28.6 Å². The van der Waals surface area contributed by atoms with Crippen LogP contribution in [0.5, 0.6) is 0 Å². The van der Waals surface area contributed by atoms with E-state index in [1.807, 2.05) is 26.2 Å². The number of nitrogens with one attached hydrogen (secondary N) is 1. The normalized spacial score (nSPS) is 13.3. The minimum atomic E-state index is 0.280. The number of hydrogen-bond acceptors (Lipinski definition) is 1. The number of benzene rings is 1. The summed E-state index contributed by atoms with van der Waals surface area (Å²) in [5.41, 5.74) is 2.29. The summed E-state index contributed by atoms with van der Waals surface area (Å²) in [5, 5.41) is 5.20. The van der Waals surface area contributed by atoms with E-state index < -0.39 is 0 Å². The third kappa shape index (κ3) is 1.67. The molecule has 0 aliphatic heterocycles. The molecule has 2 aromatic rings. The van der Waals surface area contributed by atoms with E-state index in [2.05, 4.69) is 38.8 Å². The van der Waals surface area contributed by atoms with Gasteiger partial charge in [-0.1, -0.05) is 23.7 Å². The zero-order valence-electron chi connectivity index (χ0n) is 9.51. The molecule has 0 amide bonds. The van der Waals surface area contributed by atoms with E-state index in [-0.39, 0.29) is 6.04 Å². The minimum Gasteiger partial charge on any atom is -0.344 e. The van der Waals surface area contributed by atoms with Gasteiger partial charge in [-0.25, -0.2) is 0 Å². The van der Waals surface area contributed by atoms with Gasteiger partial charge in [0.15, 0.2) is 0 Å². The molecule has 1 atom stereocenters. The van der Waals surface area contributed by atoms with Crippen molar-refractivity contribution < 1.29 is 0 Å². The fourth-order valence-electron chi connectivity index (χ4n) is 2.06. The molecule has 0 saturated heterocycles. The highest BCUT2D eigenvalue weighted by molar-refractivity contribution is 9.10. The average Bonchev–Trinajstić information content (AvgIpc) is 2.52. The van der Waals surface area contributed by atoms with E-state index in [0.717, 1.165) is 20.4 Å². The molecule has 0 saturated carbocycles. The highest BCUT2D eigenvalue weighted by atomic mass is 79.9. The highest BCUT2D eigenvalue weighted by Crippen LogP contribution is 2.36. The molecule has 1 aromatic heterocycles. The van der Waals surface area contributed by atoms with Gasteiger partial charge in [0.1, 0.15) is 0 Å². The molecule has 2 nitrogen and oxygen atoms in total. The van der Waals surface area contributed by atoms with E-state index in [1.54, 1.807) is 0 Å². The van der Waals surface area contributed by atoms with Crippen molar-refractivity contribution in [2.24, 2.45) is 7.05 Å². The monoisotopic (exact) mass is 300 g/mol. The van der Waals surface area contributed by atoms with Gasteiger partial charge in [-0.05, 0) is 36.0 Å². The molecule has 2 rings (SSSR count). The van der Waals surface area contributed by atoms with Crippen molar-refractivity contribution in [3.63, 3.8) is 0 Å². The summed E-state index contributed by atoms with van der Waals surface area (Å²) in [6, 6.07) is 6.26. The topological polar surface area (TPSA) is 17.0 Å². The molecular formula is C12H14BrClN2. The number of fused-ring (bicyclic) bond motifs is 1. The van der Waals surface area contributed by atoms with Crippen molar-refractivity contribution in [2.75, 3.05) is 7.05 Å². The maximum Gasteiger partial charge on any atom is 0.0681 e. The van der Waals surface area contributed by atoms with Crippen LogP contribution in [0, 0.1) is 0 Å². The van der Waals surface area contributed by atoms with Crippen LogP contribution in [0.15, 0.2) is 22.7 Å². The van der Waals surface area contributed by atoms with Gasteiger partial charge in [0.05, 0.1) is 10.5 Å². The van der Waals surface area contributed by atoms with Crippen LogP contribution in [-0.4, -0.2) is 11.6 Å². The Balaban J connectivity index is 2.82.